The van der Waals surface area contributed by atoms with Crippen LogP contribution in [0.1, 0.15) is 17.0 Å². The number of aromatic nitrogens is 2. The molecule has 1 atom stereocenters. The smallest absolute Gasteiger partial charge is 0.0625 e. The third-order valence-corrected chi connectivity index (χ3v) is 3.10. The van der Waals surface area contributed by atoms with E-state index in [9.17, 15) is 0 Å². The van der Waals surface area contributed by atoms with E-state index in [4.69, 9.17) is 4.74 Å². The van der Waals surface area contributed by atoms with Crippen molar-refractivity contribution in [1.82, 2.24) is 15.1 Å². The van der Waals surface area contributed by atoms with Crippen molar-refractivity contribution in [3.8, 4) is 0 Å². The van der Waals surface area contributed by atoms with E-state index in [1.165, 1.54) is 11.3 Å². The fraction of sp³-hybridized carbons (Fsp3) is 0.727. The standard InChI is InChI=1S/C11H19N3O/c1-8-9(2)13-14(3)11(8)6-10-7-15-5-4-12-10/h10,12H,4-7H2,1-3H3. The molecular formula is C11H19N3O. The second-order valence-electron chi connectivity index (χ2n) is 4.21. The van der Waals surface area contributed by atoms with Gasteiger partial charge >= 0.3 is 0 Å². The Morgan fingerprint density at radius 3 is 2.87 bits per heavy atom. The van der Waals surface area contributed by atoms with Crippen LogP contribution in [0.4, 0.5) is 0 Å². The summed E-state index contributed by atoms with van der Waals surface area (Å²) in [4.78, 5) is 0. The van der Waals surface area contributed by atoms with Gasteiger partial charge in [-0.2, -0.15) is 5.10 Å². The van der Waals surface area contributed by atoms with Crippen LogP contribution in [0.3, 0.4) is 0 Å². The average Bonchev–Trinajstić information content (AvgIpc) is 2.47. The van der Waals surface area contributed by atoms with Gasteiger partial charge in [0.1, 0.15) is 0 Å². The largest absolute Gasteiger partial charge is 0.379 e. The minimum Gasteiger partial charge on any atom is -0.379 e. The molecule has 0 spiro atoms. The van der Waals surface area contributed by atoms with Crippen LogP contribution in [-0.2, 0) is 18.2 Å². The Hall–Kier alpha value is -0.870. The van der Waals surface area contributed by atoms with Crippen molar-refractivity contribution in [3.63, 3.8) is 0 Å². The van der Waals surface area contributed by atoms with Crippen LogP contribution in [0.2, 0.25) is 0 Å². The summed E-state index contributed by atoms with van der Waals surface area (Å²) >= 11 is 0. The molecular weight excluding hydrogens is 190 g/mol. The van der Waals surface area contributed by atoms with E-state index in [1.54, 1.807) is 0 Å². The predicted octanol–water partition coefficient (Wildman–Crippen LogP) is 0.568. The molecule has 1 unspecified atom stereocenters. The monoisotopic (exact) mass is 209 g/mol. The van der Waals surface area contributed by atoms with Gasteiger partial charge in [0.15, 0.2) is 0 Å². The number of nitrogens with one attached hydrogen (secondary N) is 1. The maximum atomic E-state index is 5.45. The lowest BCUT2D eigenvalue weighted by Crippen LogP contribution is -2.42. The summed E-state index contributed by atoms with van der Waals surface area (Å²) in [6.45, 7) is 6.80. The molecule has 0 saturated carbocycles. The zero-order chi connectivity index (χ0) is 10.8. The van der Waals surface area contributed by atoms with E-state index < -0.39 is 0 Å². The number of aryl methyl sites for hydroxylation is 2. The van der Waals surface area contributed by atoms with Gasteiger partial charge in [-0.15, -0.1) is 0 Å². The molecule has 0 aromatic carbocycles. The molecule has 2 rings (SSSR count). The van der Waals surface area contributed by atoms with E-state index in [1.807, 2.05) is 11.7 Å². The lowest BCUT2D eigenvalue weighted by atomic mass is 10.1. The van der Waals surface area contributed by atoms with Gasteiger partial charge in [-0.3, -0.25) is 4.68 Å². The molecule has 15 heavy (non-hydrogen) atoms. The first-order chi connectivity index (χ1) is 7.18. The molecule has 1 aliphatic rings. The zero-order valence-electron chi connectivity index (χ0n) is 9.71. The van der Waals surface area contributed by atoms with E-state index in [0.29, 0.717) is 6.04 Å². The summed E-state index contributed by atoms with van der Waals surface area (Å²) in [5.74, 6) is 0. The molecule has 4 heteroatoms. The Morgan fingerprint density at radius 2 is 2.33 bits per heavy atom. The van der Waals surface area contributed by atoms with Crippen molar-refractivity contribution in [3.05, 3.63) is 17.0 Å². The minimum absolute atomic E-state index is 0.437. The molecule has 1 aromatic rings. The maximum Gasteiger partial charge on any atom is 0.0625 e. The Labute approximate surface area is 90.6 Å². The van der Waals surface area contributed by atoms with Crippen molar-refractivity contribution < 1.29 is 4.74 Å². The highest BCUT2D eigenvalue weighted by Crippen LogP contribution is 2.14. The van der Waals surface area contributed by atoms with Gasteiger partial charge in [-0.05, 0) is 19.4 Å². The van der Waals surface area contributed by atoms with Crippen molar-refractivity contribution in [1.29, 1.82) is 0 Å². The molecule has 4 nitrogen and oxygen atoms in total. The van der Waals surface area contributed by atoms with Gasteiger partial charge in [-0.1, -0.05) is 0 Å². The SMILES string of the molecule is Cc1nn(C)c(CC2COCCN2)c1C. The fourth-order valence-corrected chi connectivity index (χ4v) is 2.08. The zero-order valence-corrected chi connectivity index (χ0v) is 9.71. The summed E-state index contributed by atoms with van der Waals surface area (Å²) in [5.41, 5.74) is 3.75. The van der Waals surface area contributed by atoms with Crippen LogP contribution >= 0.6 is 0 Å². The highest BCUT2D eigenvalue weighted by Gasteiger charge is 2.17. The van der Waals surface area contributed by atoms with Gasteiger partial charge in [0.2, 0.25) is 0 Å². The third-order valence-electron chi connectivity index (χ3n) is 3.10. The van der Waals surface area contributed by atoms with E-state index >= 15 is 0 Å². The molecule has 84 valence electrons. The number of rotatable bonds is 2. The van der Waals surface area contributed by atoms with Crippen LogP contribution in [0.15, 0.2) is 0 Å². The van der Waals surface area contributed by atoms with Crippen LogP contribution in [0, 0.1) is 13.8 Å². The van der Waals surface area contributed by atoms with Gasteiger partial charge < -0.3 is 10.1 Å². The van der Waals surface area contributed by atoms with Crippen molar-refractivity contribution >= 4 is 0 Å². The average molecular weight is 209 g/mol. The molecule has 1 N–H and O–H groups in total. The topological polar surface area (TPSA) is 39.1 Å². The predicted molar refractivity (Wildman–Crippen MR) is 59.0 cm³/mol. The molecule has 2 heterocycles. The normalized spacial score (nSPS) is 21.9. The molecule has 0 bridgehead atoms. The molecule has 1 saturated heterocycles. The van der Waals surface area contributed by atoms with Crippen molar-refractivity contribution in [2.75, 3.05) is 19.8 Å². The summed E-state index contributed by atoms with van der Waals surface area (Å²) < 4.78 is 7.44. The molecule has 1 aliphatic heterocycles. The minimum atomic E-state index is 0.437. The number of hydrogen-bond donors (Lipinski definition) is 1. The molecule has 0 aliphatic carbocycles. The van der Waals surface area contributed by atoms with E-state index in [0.717, 1.165) is 31.9 Å². The highest BCUT2D eigenvalue weighted by molar-refractivity contribution is 5.24. The number of ether oxygens (including phenoxy) is 1. The summed E-state index contributed by atoms with van der Waals surface area (Å²) in [6.07, 6.45) is 1.00. The van der Waals surface area contributed by atoms with E-state index in [2.05, 4.69) is 24.3 Å². The van der Waals surface area contributed by atoms with Gasteiger partial charge in [0, 0.05) is 31.7 Å². The van der Waals surface area contributed by atoms with Crippen LogP contribution in [0.25, 0.3) is 0 Å². The molecule has 0 amide bonds. The van der Waals surface area contributed by atoms with Crippen LogP contribution < -0.4 is 5.32 Å². The van der Waals surface area contributed by atoms with Crippen LogP contribution in [-0.4, -0.2) is 35.6 Å². The number of nitrogens with zero attached hydrogens (tertiary/aromatic N) is 2. The third kappa shape index (κ3) is 2.21. The fourth-order valence-electron chi connectivity index (χ4n) is 2.08. The molecule has 1 aromatic heterocycles. The quantitative estimate of drug-likeness (QED) is 0.774. The second-order valence-corrected chi connectivity index (χ2v) is 4.21. The Balaban J connectivity index is 2.09. The molecule has 0 radical (unpaired) electrons. The van der Waals surface area contributed by atoms with Crippen molar-refractivity contribution in [2.24, 2.45) is 7.05 Å². The summed E-state index contributed by atoms with van der Waals surface area (Å²) in [5, 5.41) is 7.89. The Bertz CT molecular complexity index is 340. The lowest BCUT2D eigenvalue weighted by molar-refractivity contribution is 0.0764. The lowest BCUT2D eigenvalue weighted by Gasteiger charge is -2.24. The second kappa shape index (κ2) is 4.33. The Morgan fingerprint density at radius 1 is 1.53 bits per heavy atom. The number of hydrogen-bond acceptors (Lipinski definition) is 3. The Kier molecular flexibility index (Phi) is 3.07. The first-order valence-electron chi connectivity index (χ1n) is 5.48. The van der Waals surface area contributed by atoms with Gasteiger partial charge in [0.25, 0.3) is 0 Å². The number of morpholine rings is 1. The summed E-state index contributed by atoms with van der Waals surface area (Å²) in [6, 6.07) is 0.437. The summed E-state index contributed by atoms with van der Waals surface area (Å²) in [7, 11) is 2.01. The van der Waals surface area contributed by atoms with Gasteiger partial charge in [-0.25, -0.2) is 0 Å². The van der Waals surface area contributed by atoms with E-state index in [-0.39, 0.29) is 0 Å². The highest BCUT2D eigenvalue weighted by atomic mass is 16.5. The van der Waals surface area contributed by atoms with Gasteiger partial charge in [0.05, 0.1) is 18.9 Å². The van der Waals surface area contributed by atoms with Crippen LogP contribution in [0.5, 0.6) is 0 Å². The molecule has 1 fully saturated rings. The first-order valence-corrected chi connectivity index (χ1v) is 5.48. The first kappa shape index (κ1) is 10.6. The van der Waals surface area contributed by atoms with Crippen molar-refractivity contribution in [2.45, 2.75) is 26.3 Å². The maximum absolute atomic E-state index is 5.45.